The van der Waals surface area contributed by atoms with E-state index in [1.807, 2.05) is 32.9 Å². The predicted octanol–water partition coefficient (Wildman–Crippen LogP) is 6.25. The molecule has 2 N–H and O–H groups in total. The molecule has 0 amide bonds. The Hall–Kier alpha value is -3.26. The zero-order valence-corrected chi connectivity index (χ0v) is 22.2. The van der Waals surface area contributed by atoms with E-state index in [2.05, 4.69) is 50.4 Å². The van der Waals surface area contributed by atoms with Crippen LogP contribution in [0.15, 0.2) is 45.2 Å². The fourth-order valence-corrected chi connectivity index (χ4v) is 5.12. The van der Waals surface area contributed by atoms with Crippen LogP contribution < -0.4 is 19.9 Å². The van der Waals surface area contributed by atoms with E-state index in [1.165, 1.54) is 5.56 Å². The number of nitrogens with two attached hydrogens (primary N) is 1. The molecule has 0 fully saturated rings. The van der Waals surface area contributed by atoms with Crippen LogP contribution in [-0.2, 0) is 12.8 Å². The maximum Gasteiger partial charge on any atom is 0.226 e. The molecule has 0 bridgehead atoms. The second kappa shape index (κ2) is 10.6. The molecule has 0 spiro atoms. The van der Waals surface area contributed by atoms with Crippen molar-refractivity contribution in [1.82, 2.24) is 10.1 Å². The van der Waals surface area contributed by atoms with Crippen molar-refractivity contribution in [2.24, 2.45) is 5.73 Å². The number of methoxy groups -OCH3 is 2. The van der Waals surface area contributed by atoms with Gasteiger partial charge in [-0.15, -0.1) is 0 Å². The molecule has 184 valence electrons. The Kier molecular flexibility index (Phi) is 7.50. The molecular formula is C27H30BrN3O4. The van der Waals surface area contributed by atoms with Gasteiger partial charge in [0.25, 0.3) is 0 Å². The number of rotatable bonds is 5. The highest BCUT2D eigenvalue weighted by Gasteiger charge is 2.36. The first-order valence-electron chi connectivity index (χ1n) is 11.8. The van der Waals surface area contributed by atoms with E-state index < -0.39 is 0 Å². The lowest BCUT2D eigenvalue weighted by atomic mass is 9.80. The number of halogens is 1. The molecule has 1 aromatic heterocycles. The van der Waals surface area contributed by atoms with Crippen molar-refractivity contribution in [2.45, 2.75) is 46.0 Å². The van der Waals surface area contributed by atoms with Crippen LogP contribution in [0, 0.1) is 0 Å². The van der Waals surface area contributed by atoms with E-state index in [9.17, 15) is 0 Å². The van der Waals surface area contributed by atoms with Crippen LogP contribution in [0.1, 0.15) is 67.1 Å². The number of hydrogen-bond acceptors (Lipinski definition) is 7. The number of aromatic nitrogens is 2. The number of allylic oxidation sites excluding steroid dienone is 2. The Morgan fingerprint density at radius 2 is 1.97 bits per heavy atom. The molecule has 1 unspecified atom stereocenters. The molecule has 2 aliphatic rings. The Bertz CT molecular complexity index is 1300. The van der Waals surface area contributed by atoms with Crippen LogP contribution in [0.3, 0.4) is 0 Å². The molecule has 3 aromatic rings. The van der Waals surface area contributed by atoms with E-state index in [-0.39, 0.29) is 11.8 Å². The Morgan fingerprint density at radius 3 is 2.66 bits per heavy atom. The lowest BCUT2D eigenvalue weighted by molar-refractivity contribution is 0.352. The molecule has 1 aliphatic heterocycles. The van der Waals surface area contributed by atoms with Gasteiger partial charge in [-0.05, 0) is 52.0 Å². The van der Waals surface area contributed by atoms with Crippen molar-refractivity contribution in [3.63, 3.8) is 0 Å². The van der Waals surface area contributed by atoms with Crippen LogP contribution in [0.5, 0.6) is 17.2 Å². The molecule has 5 rings (SSSR count). The van der Waals surface area contributed by atoms with E-state index in [0.29, 0.717) is 35.2 Å². The van der Waals surface area contributed by atoms with Crippen molar-refractivity contribution in [1.29, 1.82) is 0 Å². The van der Waals surface area contributed by atoms with E-state index >= 15 is 0 Å². The zero-order chi connectivity index (χ0) is 25.1. The largest absolute Gasteiger partial charge is 0.493 e. The zero-order valence-electron chi connectivity index (χ0n) is 20.6. The molecule has 1 atom stereocenters. The molecule has 0 saturated carbocycles. The highest BCUT2D eigenvalue weighted by atomic mass is 79.9. The van der Waals surface area contributed by atoms with Crippen LogP contribution in [-0.4, -0.2) is 24.4 Å². The van der Waals surface area contributed by atoms with E-state index in [0.717, 1.165) is 39.8 Å². The van der Waals surface area contributed by atoms with Gasteiger partial charge in [0.1, 0.15) is 5.75 Å². The minimum Gasteiger partial charge on any atom is -0.493 e. The number of nitrogens with zero attached hydrogens (tertiary/aromatic N) is 2. The second-order valence-corrected chi connectivity index (χ2v) is 8.77. The maximum atomic E-state index is 6.55. The number of benzene rings is 2. The fourth-order valence-electron chi connectivity index (χ4n) is 4.50. The summed E-state index contributed by atoms with van der Waals surface area (Å²) in [6.45, 7) is 5.96. The number of fused-ring (bicyclic) bond motifs is 3. The van der Waals surface area contributed by atoms with Gasteiger partial charge in [0.05, 0.1) is 24.3 Å². The minimum atomic E-state index is -0.298. The lowest BCUT2D eigenvalue weighted by Crippen LogP contribution is -2.23. The third-order valence-electron chi connectivity index (χ3n) is 6.06. The summed E-state index contributed by atoms with van der Waals surface area (Å²) >= 11 is 3.63. The molecule has 1 aliphatic carbocycles. The highest BCUT2D eigenvalue weighted by molar-refractivity contribution is 9.10. The average Bonchev–Trinajstić information content (AvgIpc) is 3.37. The van der Waals surface area contributed by atoms with Gasteiger partial charge in [0.15, 0.2) is 17.4 Å². The fraction of sp³-hybridized carbons (Fsp3) is 0.333. The van der Waals surface area contributed by atoms with Gasteiger partial charge in [0, 0.05) is 23.5 Å². The highest BCUT2D eigenvalue weighted by Crippen LogP contribution is 2.50. The molecule has 0 saturated heterocycles. The Balaban J connectivity index is 0.00000141. The molecule has 8 heteroatoms. The molecule has 2 aromatic carbocycles. The van der Waals surface area contributed by atoms with Gasteiger partial charge in [-0.3, -0.25) is 0 Å². The van der Waals surface area contributed by atoms with Crippen molar-refractivity contribution in [2.75, 3.05) is 14.2 Å². The first-order chi connectivity index (χ1) is 17.0. The first-order valence-corrected chi connectivity index (χ1v) is 12.6. The summed E-state index contributed by atoms with van der Waals surface area (Å²) in [5, 5.41) is 4.21. The summed E-state index contributed by atoms with van der Waals surface area (Å²) in [7, 11) is 3.23. The standard InChI is InChI=1S/C25H24BrN3O4.C2H6/c1-4-19-28-25(29-33-19)21-20(14-11-17(26)23(31-3)18(12-14)30-2)16-10-9-13-7-5-6-8-15(13)22(16)32-24(21)27;1-2/h6,8-12,20H,4-5,7,27H2,1-3H3;1-2H3. The Morgan fingerprint density at radius 1 is 1.17 bits per heavy atom. The van der Waals surface area contributed by atoms with E-state index in [4.69, 9.17) is 24.5 Å². The monoisotopic (exact) mass is 539 g/mol. The average molecular weight is 540 g/mol. The van der Waals surface area contributed by atoms with Crippen LogP contribution >= 0.6 is 15.9 Å². The van der Waals surface area contributed by atoms with Crippen molar-refractivity contribution in [3.05, 3.63) is 74.7 Å². The third-order valence-corrected chi connectivity index (χ3v) is 6.65. The number of hydrogen-bond donors (Lipinski definition) is 1. The van der Waals surface area contributed by atoms with Crippen molar-refractivity contribution < 1.29 is 18.7 Å². The summed E-state index contributed by atoms with van der Waals surface area (Å²) in [5.41, 5.74) is 11.4. The quantitative estimate of drug-likeness (QED) is 0.409. The van der Waals surface area contributed by atoms with Crippen LogP contribution in [0.4, 0.5) is 0 Å². The summed E-state index contributed by atoms with van der Waals surface area (Å²) in [6, 6.07) is 8.23. The van der Waals surface area contributed by atoms with Gasteiger partial charge in [-0.25, -0.2) is 0 Å². The SMILES string of the molecule is CC.CCc1nc(C2=C(N)Oc3c(ccc4c3C=CCC4)C2c2cc(Br)c(OC)c(OC)c2)no1. The topological polar surface area (TPSA) is 92.6 Å². The molecule has 2 heterocycles. The smallest absolute Gasteiger partial charge is 0.226 e. The second-order valence-electron chi connectivity index (χ2n) is 7.91. The van der Waals surface area contributed by atoms with Crippen LogP contribution in [0.2, 0.25) is 0 Å². The number of ether oxygens (including phenoxy) is 3. The molecular weight excluding hydrogens is 510 g/mol. The van der Waals surface area contributed by atoms with Gasteiger partial charge in [-0.2, -0.15) is 4.98 Å². The Labute approximate surface area is 214 Å². The van der Waals surface area contributed by atoms with Crippen molar-refractivity contribution >= 4 is 27.6 Å². The van der Waals surface area contributed by atoms with Gasteiger partial charge < -0.3 is 24.5 Å². The number of aryl methyl sites for hydroxylation is 2. The normalized spacial score (nSPS) is 16.0. The van der Waals surface area contributed by atoms with E-state index in [1.54, 1.807) is 14.2 Å². The van der Waals surface area contributed by atoms with Gasteiger partial charge >= 0.3 is 0 Å². The summed E-state index contributed by atoms with van der Waals surface area (Å²) in [6.07, 6.45) is 6.88. The van der Waals surface area contributed by atoms with Gasteiger partial charge in [0.2, 0.25) is 11.7 Å². The third kappa shape index (κ3) is 4.43. The lowest BCUT2D eigenvalue weighted by Gasteiger charge is -2.31. The summed E-state index contributed by atoms with van der Waals surface area (Å²) < 4.78 is 23.6. The maximum absolute atomic E-state index is 6.55. The molecule has 7 nitrogen and oxygen atoms in total. The first kappa shape index (κ1) is 24.9. The minimum absolute atomic E-state index is 0.259. The predicted molar refractivity (Wildman–Crippen MR) is 140 cm³/mol. The molecule has 0 radical (unpaired) electrons. The van der Waals surface area contributed by atoms with Crippen LogP contribution in [0.25, 0.3) is 11.6 Å². The molecule has 35 heavy (non-hydrogen) atoms. The summed E-state index contributed by atoms with van der Waals surface area (Å²) in [5.74, 6) is 2.90. The van der Waals surface area contributed by atoms with Crippen molar-refractivity contribution in [3.8, 4) is 17.2 Å². The summed E-state index contributed by atoms with van der Waals surface area (Å²) in [4.78, 5) is 4.56. The van der Waals surface area contributed by atoms with Gasteiger partial charge in [-0.1, -0.05) is 50.2 Å².